The Balaban J connectivity index is 1.54. The molecule has 152 valence electrons. The van der Waals surface area contributed by atoms with Crippen molar-refractivity contribution in [3.05, 3.63) is 78.4 Å². The normalized spacial score (nSPS) is 10.9. The molecule has 0 saturated heterocycles. The molecular formula is C24H19N5O2. The summed E-state index contributed by atoms with van der Waals surface area (Å²) >= 11 is 0. The van der Waals surface area contributed by atoms with E-state index in [1.165, 1.54) is 0 Å². The van der Waals surface area contributed by atoms with Crippen LogP contribution in [0.3, 0.4) is 0 Å². The Hall–Kier alpha value is -4.26. The molecule has 2 heterocycles. The SMILES string of the molecule is COc1ccc(Nc2nc(-c3nnc(-c4ccc(C)cc4)o3)nc3ccccc23)cc1. The van der Waals surface area contributed by atoms with E-state index in [0.29, 0.717) is 17.5 Å². The van der Waals surface area contributed by atoms with Gasteiger partial charge in [0.25, 0.3) is 5.89 Å². The van der Waals surface area contributed by atoms with E-state index in [2.05, 4.69) is 25.5 Å². The highest BCUT2D eigenvalue weighted by atomic mass is 16.5. The van der Waals surface area contributed by atoms with Crippen molar-refractivity contribution in [3.8, 4) is 28.9 Å². The lowest BCUT2D eigenvalue weighted by Crippen LogP contribution is -1.99. The number of nitrogens with zero attached hydrogens (tertiary/aromatic N) is 4. The van der Waals surface area contributed by atoms with Crippen LogP contribution in [0.5, 0.6) is 5.75 Å². The molecule has 0 aliphatic carbocycles. The molecule has 3 aromatic carbocycles. The zero-order valence-electron chi connectivity index (χ0n) is 17.0. The maximum absolute atomic E-state index is 5.89. The first-order valence-electron chi connectivity index (χ1n) is 9.78. The summed E-state index contributed by atoms with van der Waals surface area (Å²) in [5.41, 5.74) is 3.66. The van der Waals surface area contributed by atoms with Crippen LogP contribution in [-0.2, 0) is 0 Å². The maximum Gasteiger partial charge on any atom is 0.286 e. The minimum Gasteiger partial charge on any atom is -0.497 e. The highest BCUT2D eigenvalue weighted by Crippen LogP contribution is 2.29. The number of rotatable bonds is 5. The van der Waals surface area contributed by atoms with Crippen LogP contribution in [0.25, 0.3) is 34.1 Å². The number of para-hydroxylation sites is 1. The van der Waals surface area contributed by atoms with Crippen LogP contribution in [-0.4, -0.2) is 27.3 Å². The number of ether oxygens (including phenoxy) is 1. The highest BCUT2D eigenvalue weighted by molar-refractivity contribution is 5.91. The van der Waals surface area contributed by atoms with Gasteiger partial charge in [-0.25, -0.2) is 9.97 Å². The molecule has 1 N–H and O–H groups in total. The molecule has 5 aromatic rings. The smallest absolute Gasteiger partial charge is 0.286 e. The standard InChI is InChI=1S/C24H19N5O2/c1-15-7-9-16(10-8-15)23-28-29-24(31-23)22-26-20-6-4-3-5-19(20)21(27-22)25-17-11-13-18(30-2)14-12-17/h3-14H,1-2H3,(H,25,26,27). The number of hydrogen-bond donors (Lipinski definition) is 1. The lowest BCUT2D eigenvalue weighted by Gasteiger charge is -2.10. The van der Waals surface area contributed by atoms with E-state index in [-0.39, 0.29) is 5.89 Å². The van der Waals surface area contributed by atoms with Crippen LogP contribution in [0.1, 0.15) is 5.56 Å². The van der Waals surface area contributed by atoms with Crippen molar-refractivity contribution in [1.82, 2.24) is 20.2 Å². The van der Waals surface area contributed by atoms with Crippen molar-refractivity contribution in [1.29, 1.82) is 0 Å². The van der Waals surface area contributed by atoms with Crippen molar-refractivity contribution >= 4 is 22.4 Å². The third-order valence-corrected chi connectivity index (χ3v) is 4.87. The van der Waals surface area contributed by atoms with Crippen molar-refractivity contribution < 1.29 is 9.15 Å². The Labute approximate surface area is 178 Å². The summed E-state index contributed by atoms with van der Waals surface area (Å²) in [5, 5.41) is 12.6. The van der Waals surface area contributed by atoms with Gasteiger partial charge in [0.2, 0.25) is 11.7 Å². The number of aryl methyl sites for hydroxylation is 1. The summed E-state index contributed by atoms with van der Waals surface area (Å²) in [4.78, 5) is 9.31. The third kappa shape index (κ3) is 3.81. The molecule has 0 unspecified atom stereocenters. The molecule has 0 atom stereocenters. The van der Waals surface area contributed by atoms with E-state index in [1.54, 1.807) is 7.11 Å². The molecule has 5 rings (SSSR count). The molecule has 7 nitrogen and oxygen atoms in total. The van der Waals surface area contributed by atoms with E-state index >= 15 is 0 Å². The zero-order chi connectivity index (χ0) is 21.2. The number of benzene rings is 3. The van der Waals surface area contributed by atoms with Gasteiger partial charge in [-0.3, -0.25) is 0 Å². The van der Waals surface area contributed by atoms with Crippen LogP contribution >= 0.6 is 0 Å². The first-order chi connectivity index (χ1) is 15.2. The van der Waals surface area contributed by atoms with E-state index in [9.17, 15) is 0 Å². The van der Waals surface area contributed by atoms with Crippen LogP contribution in [0.4, 0.5) is 11.5 Å². The van der Waals surface area contributed by atoms with Crippen molar-refractivity contribution in [3.63, 3.8) is 0 Å². The number of hydrogen-bond acceptors (Lipinski definition) is 7. The molecule has 0 saturated carbocycles. The lowest BCUT2D eigenvalue weighted by atomic mass is 10.1. The monoisotopic (exact) mass is 409 g/mol. The second kappa shape index (κ2) is 7.87. The predicted molar refractivity (Wildman–Crippen MR) is 119 cm³/mol. The Bertz CT molecular complexity index is 1350. The highest BCUT2D eigenvalue weighted by Gasteiger charge is 2.16. The second-order valence-corrected chi connectivity index (χ2v) is 7.04. The Kier molecular flexibility index (Phi) is 4.76. The van der Waals surface area contributed by atoms with Gasteiger partial charge < -0.3 is 14.5 Å². The van der Waals surface area contributed by atoms with Gasteiger partial charge in [-0.1, -0.05) is 29.8 Å². The summed E-state index contributed by atoms with van der Waals surface area (Å²) in [5.74, 6) is 2.49. The minimum atomic E-state index is 0.263. The molecule has 0 amide bonds. The number of anilines is 2. The van der Waals surface area contributed by atoms with E-state index < -0.39 is 0 Å². The van der Waals surface area contributed by atoms with Crippen LogP contribution in [0, 0.1) is 6.92 Å². The summed E-state index contributed by atoms with van der Waals surface area (Å²) in [6.45, 7) is 2.03. The molecule has 0 radical (unpaired) electrons. The zero-order valence-corrected chi connectivity index (χ0v) is 17.0. The van der Waals surface area contributed by atoms with Crippen molar-refractivity contribution in [2.45, 2.75) is 6.92 Å². The fraction of sp³-hybridized carbons (Fsp3) is 0.0833. The van der Waals surface area contributed by atoms with Crippen LogP contribution < -0.4 is 10.1 Å². The average molecular weight is 409 g/mol. The van der Waals surface area contributed by atoms with E-state index in [0.717, 1.165) is 33.5 Å². The molecule has 0 aliphatic rings. The van der Waals surface area contributed by atoms with Gasteiger partial charge >= 0.3 is 0 Å². The summed E-state index contributed by atoms with van der Waals surface area (Å²) in [6, 6.07) is 23.3. The summed E-state index contributed by atoms with van der Waals surface area (Å²) in [6.07, 6.45) is 0. The van der Waals surface area contributed by atoms with Gasteiger partial charge in [-0.2, -0.15) is 0 Å². The predicted octanol–water partition coefficient (Wildman–Crippen LogP) is 5.41. The topological polar surface area (TPSA) is 86.0 Å². The molecule has 0 aliphatic heterocycles. The van der Waals surface area contributed by atoms with E-state index in [1.807, 2.05) is 79.7 Å². The van der Waals surface area contributed by atoms with Gasteiger partial charge in [-0.15, -0.1) is 10.2 Å². The molecular weight excluding hydrogens is 390 g/mol. The molecule has 0 bridgehead atoms. The van der Waals surface area contributed by atoms with E-state index in [4.69, 9.17) is 9.15 Å². The summed E-state index contributed by atoms with van der Waals surface area (Å²) < 4.78 is 11.1. The van der Waals surface area contributed by atoms with Gasteiger partial charge in [-0.05, 0) is 55.5 Å². The third-order valence-electron chi connectivity index (χ3n) is 4.87. The molecule has 2 aromatic heterocycles. The number of aromatic nitrogens is 4. The second-order valence-electron chi connectivity index (χ2n) is 7.04. The Morgan fingerprint density at radius 3 is 2.32 bits per heavy atom. The number of nitrogens with one attached hydrogen (secondary N) is 1. The lowest BCUT2D eigenvalue weighted by molar-refractivity contribution is 0.415. The van der Waals surface area contributed by atoms with Crippen molar-refractivity contribution in [2.75, 3.05) is 12.4 Å². The summed E-state index contributed by atoms with van der Waals surface area (Å²) in [7, 11) is 1.64. The fourth-order valence-electron chi connectivity index (χ4n) is 3.20. The van der Waals surface area contributed by atoms with Gasteiger partial charge in [0.05, 0.1) is 12.6 Å². The molecule has 31 heavy (non-hydrogen) atoms. The fourth-order valence-corrected chi connectivity index (χ4v) is 3.20. The molecule has 0 spiro atoms. The minimum absolute atomic E-state index is 0.263. The van der Waals surface area contributed by atoms with Gasteiger partial charge in [0.15, 0.2) is 0 Å². The number of methoxy groups -OCH3 is 1. The van der Waals surface area contributed by atoms with Crippen molar-refractivity contribution in [2.24, 2.45) is 0 Å². The van der Waals surface area contributed by atoms with Crippen LogP contribution in [0.15, 0.2) is 77.2 Å². The first kappa shape index (κ1) is 18.7. The van der Waals surface area contributed by atoms with Gasteiger partial charge in [0.1, 0.15) is 11.6 Å². The Morgan fingerprint density at radius 1 is 0.806 bits per heavy atom. The molecule has 7 heteroatoms. The first-order valence-corrected chi connectivity index (χ1v) is 9.78. The number of fused-ring (bicyclic) bond motifs is 1. The maximum atomic E-state index is 5.89. The largest absolute Gasteiger partial charge is 0.497 e. The average Bonchev–Trinajstić information content (AvgIpc) is 3.30. The molecule has 0 fully saturated rings. The quantitative estimate of drug-likeness (QED) is 0.415. The van der Waals surface area contributed by atoms with Crippen LogP contribution in [0.2, 0.25) is 0 Å². The Morgan fingerprint density at radius 2 is 1.55 bits per heavy atom. The van der Waals surface area contributed by atoms with Gasteiger partial charge in [0, 0.05) is 16.6 Å².